The third-order valence-electron chi connectivity index (χ3n) is 0.404. The predicted molar refractivity (Wildman–Crippen MR) is 36.8 cm³/mol. The van der Waals surface area contributed by atoms with Gasteiger partial charge in [-0.05, 0) is 6.42 Å². The third kappa shape index (κ3) is 25.9. The van der Waals surface area contributed by atoms with Crippen molar-refractivity contribution in [1.82, 2.24) is 0 Å². The molecule has 0 atom stereocenters. The Morgan fingerprint density at radius 2 is 2.20 bits per heavy atom. The lowest BCUT2D eigenvalue weighted by atomic mass is 10.5. The topological polar surface area (TPSA) is 68.6 Å². The van der Waals surface area contributed by atoms with Crippen molar-refractivity contribution in [2.45, 2.75) is 13.3 Å². The minimum Gasteiger partial charge on any atom is -0.269 e. The highest BCUT2D eigenvalue weighted by atomic mass is 28.2. The van der Waals surface area contributed by atoms with Crippen molar-refractivity contribution >= 4 is 16.6 Å². The first kappa shape index (κ1) is 12.2. The highest BCUT2D eigenvalue weighted by Gasteiger charge is 1.78. The molecule has 0 radical (unpaired) electrons. The summed E-state index contributed by atoms with van der Waals surface area (Å²) in [6.07, 6.45) is 1.70. The summed E-state index contributed by atoms with van der Waals surface area (Å²) in [6.45, 7) is 2.60. The van der Waals surface area contributed by atoms with Gasteiger partial charge in [0.15, 0.2) is 10.5 Å². The maximum atomic E-state index is 8.35. The Morgan fingerprint density at radius 3 is 2.50 bits per heavy atom. The molecule has 0 aliphatic carbocycles. The van der Waals surface area contributed by atoms with E-state index in [2.05, 4.69) is 14.5 Å². The molecule has 0 spiro atoms. The molecule has 0 rings (SSSR count). The minimum atomic E-state index is 0.559. The van der Waals surface area contributed by atoms with Crippen molar-refractivity contribution in [3.63, 3.8) is 0 Å². The smallest absolute Gasteiger partial charge is 0.231 e. The van der Waals surface area contributed by atoms with Gasteiger partial charge >= 0.3 is 0 Å². The molecule has 0 bridgehead atoms. The Kier molecular flexibility index (Phi) is 19.2. The maximum Gasteiger partial charge on any atom is 0.231 e. The SMILES string of the molecule is CCCOOO[SiH3].N=C=O. The molecular weight excluding hydrogens is 154 g/mol. The molecule has 0 fully saturated rings. The van der Waals surface area contributed by atoms with Gasteiger partial charge in [-0.2, -0.15) is 0 Å². The first-order chi connectivity index (χ1) is 4.83. The molecule has 0 aliphatic heterocycles. The van der Waals surface area contributed by atoms with Crippen molar-refractivity contribution in [2.75, 3.05) is 6.61 Å². The summed E-state index contributed by atoms with van der Waals surface area (Å²) in [5, 5.41) is 9.54. The van der Waals surface area contributed by atoms with E-state index in [0.717, 1.165) is 12.5 Å². The van der Waals surface area contributed by atoms with Gasteiger partial charge in [0.05, 0.1) is 6.61 Å². The Bertz CT molecular complexity index is 79.3. The van der Waals surface area contributed by atoms with E-state index < -0.39 is 0 Å². The van der Waals surface area contributed by atoms with Crippen molar-refractivity contribution < 1.29 is 19.3 Å². The maximum absolute atomic E-state index is 8.35. The summed E-state index contributed by atoms with van der Waals surface area (Å²) in [5.41, 5.74) is 0. The van der Waals surface area contributed by atoms with E-state index in [1.807, 2.05) is 6.92 Å². The Hall–Kier alpha value is -0.523. The van der Waals surface area contributed by atoms with E-state index in [4.69, 9.17) is 10.2 Å². The summed E-state index contributed by atoms with van der Waals surface area (Å²) in [4.78, 5) is 12.8. The molecule has 1 N–H and O–H groups in total. The second-order valence-electron chi connectivity index (χ2n) is 1.16. The zero-order valence-electron chi connectivity index (χ0n) is 6.05. The summed E-state index contributed by atoms with van der Waals surface area (Å²) < 4.78 is 4.26. The fourth-order valence-electron chi connectivity index (χ4n) is 0.165. The van der Waals surface area contributed by atoms with E-state index in [9.17, 15) is 0 Å². The van der Waals surface area contributed by atoms with E-state index >= 15 is 0 Å². The number of isocyanates is 1. The summed E-state index contributed by atoms with van der Waals surface area (Å²) in [7, 11) is 0.559. The molecule has 0 aliphatic rings. The van der Waals surface area contributed by atoms with Crippen LogP contribution in [0, 0.1) is 5.41 Å². The largest absolute Gasteiger partial charge is 0.269 e. The average Bonchev–Trinajstić information content (AvgIpc) is 1.91. The third-order valence-corrected chi connectivity index (χ3v) is 0.540. The van der Waals surface area contributed by atoms with Crippen LogP contribution in [-0.4, -0.2) is 23.2 Å². The summed E-state index contributed by atoms with van der Waals surface area (Å²) >= 11 is 0. The zero-order chi connectivity index (χ0) is 8.24. The molecule has 0 aromatic heterocycles. The van der Waals surface area contributed by atoms with Crippen LogP contribution < -0.4 is 0 Å². The molecule has 0 amide bonds. The van der Waals surface area contributed by atoms with Crippen LogP contribution in [0.3, 0.4) is 0 Å². The lowest BCUT2D eigenvalue weighted by molar-refractivity contribution is -0.466. The van der Waals surface area contributed by atoms with Gasteiger partial charge < -0.3 is 0 Å². The van der Waals surface area contributed by atoms with Crippen LogP contribution in [-0.2, 0) is 19.3 Å². The molecule has 60 valence electrons. The molecule has 5 nitrogen and oxygen atoms in total. The fraction of sp³-hybridized carbons (Fsp3) is 0.750. The second-order valence-corrected chi connectivity index (χ2v) is 1.49. The lowest BCUT2D eigenvalue weighted by Gasteiger charge is -1.94. The molecule has 10 heavy (non-hydrogen) atoms. The van der Waals surface area contributed by atoms with E-state index in [0.29, 0.717) is 17.1 Å². The standard InChI is InChI=1S/C3H10O3Si.CHNO/c1-2-3-4-5-6-7;2-1-3/h2-3H2,1,7H3;2H. The van der Waals surface area contributed by atoms with Crippen molar-refractivity contribution in [3.05, 3.63) is 0 Å². The predicted octanol–water partition coefficient (Wildman–Crippen LogP) is -0.542. The van der Waals surface area contributed by atoms with Crippen LogP contribution in [0.15, 0.2) is 0 Å². The highest BCUT2D eigenvalue weighted by molar-refractivity contribution is 5.97. The van der Waals surface area contributed by atoms with E-state index in [-0.39, 0.29) is 0 Å². The van der Waals surface area contributed by atoms with Gasteiger partial charge in [-0.25, -0.2) is 15.1 Å². The number of nitrogens with one attached hydrogen (secondary N) is 1. The second kappa shape index (κ2) is 15.8. The van der Waals surface area contributed by atoms with Crippen LogP contribution in [0.2, 0.25) is 0 Å². The van der Waals surface area contributed by atoms with E-state index in [1.165, 1.54) is 0 Å². The summed E-state index contributed by atoms with van der Waals surface area (Å²) in [6, 6.07) is 0. The fourth-order valence-corrected chi connectivity index (χ4v) is 0.262. The van der Waals surface area contributed by atoms with Crippen LogP contribution in [0.1, 0.15) is 13.3 Å². The molecular formula is C4H11NO4Si. The zero-order valence-corrected chi connectivity index (χ0v) is 8.05. The van der Waals surface area contributed by atoms with Crippen molar-refractivity contribution in [2.24, 2.45) is 0 Å². The van der Waals surface area contributed by atoms with Gasteiger partial charge in [0.1, 0.15) is 0 Å². The molecule has 0 unspecified atom stereocenters. The molecule has 0 saturated carbocycles. The normalized spacial score (nSPS) is 7.70. The van der Waals surface area contributed by atoms with Gasteiger partial charge in [0.25, 0.3) is 0 Å². The van der Waals surface area contributed by atoms with Crippen LogP contribution in [0.4, 0.5) is 0 Å². The quantitative estimate of drug-likeness (QED) is 0.152. The van der Waals surface area contributed by atoms with Crippen LogP contribution >= 0.6 is 0 Å². The Morgan fingerprint density at radius 1 is 1.70 bits per heavy atom. The Balaban J connectivity index is 0. The van der Waals surface area contributed by atoms with Gasteiger partial charge in [-0.15, -0.1) is 0 Å². The van der Waals surface area contributed by atoms with Gasteiger partial charge in [-0.1, -0.05) is 12.0 Å². The molecule has 0 heterocycles. The monoisotopic (exact) mass is 165 g/mol. The first-order valence-electron chi connectivity index (χ1n) is 2.69. The van der Waals surface area contributed by atoms with E-state index in [1.54, 1.807) is 0 Å². The number of hydrogen-bond donors (Lipinski definition) is 1. The van der Waals surface area contributed by atoms with Crippen LogP contribution in [0.25, 0.3) is 0 Å². The number of hydrogen-bond acceptors (Lipinski definition) is 5. The average molecular weight is 165 g/mol. The lowest BCUT2D eigenvalue weighted by Crippen LogP contribution is -1.93. The van der Waals surface area contributed by atoms with Crippen molar-refractivity contribution in [1.29, 1.82) is 5.41 Å². The number of rotatable bonds is 4. The van der Waals surface area contributed by atoms with Crippen molar-refractivity contribution in [3.8, 4) is 0 Å². The number of carbonyl (C=O) groups excluding carboxylic acids is 1. The molecule has 0 aromatic carbocycles. The van der Waals surface area contributed by atoms with Crippen LogP contribution in [0.5, 0.6) is 0 Å². The Labute approximate surface area is 62.2 Å². The molecule has 0 saturated heterocycles. The minimum absolute atomic E-state index is 0.559. The molecule has 6 heteroatoms. The van der Waals surface area contributed by atoms with Gasteiger partial charge in [-0.3, -0.25) is 4.58 Å². The summed E-state index contributed by atoms with van der Waals surface area (Å²) in [5.74, 6) is 0. The van der Waals surface area contributed by atoms with Gasteiger partial charge in [0, 0.05) is 0 Å². The van der Waals surface area contributed by atoms with Gasteiger partial charge in [0.2, 0.25) is 6.08 Å². The highest BCUT2D eigenvalue weighted by Crippen LogP contribution is 1.79. The first-order valence-corrected chi connectivity index (χ1v) is 3.51. The molecule has 0 aromatic rings.